The van der Waals surface area contributed by atoms with E-state index in [-0.39, 0.29) is 6.54 Å². The van der Waals surface area contributed by atoms with Gasteiger partial charge < -0.3 is 25.4 Å². The number of anilines is 1. The minimum absolute atomic E-state index is 0.161. The van der Waals surface area contributed by atoms with Crippen molar-refractivity contribution in [3.05, 3.63) is 77.4 Å². The van der Waals surface area contributed by atoms with E-state index in [1.165, 1.54) is 4.90 Å². The minimum atomic E-state index is -1.29. The number of hydrogen-bond donors (Lipinski definition) is 3. The summed E-state index contributed by atoms with van der Waals surface area (Å²) < 4.78 is 5.26. The Kier molecular flexibility index (Phi) is 9.12. The summed E-state index contributed by atoms with van der Waals surface area (Å²) >= 11 is 0. The number of aryl methyl sites for hydroxylation is 2. The minimum Gasteiger partial charge on any atom is -0.444 e. The third-order valence-corrected chi connectivity index (χ3v) is 5.93. The number of fused-ring (bicyclic) bond motifs is 1. The lowest BCUT2D eigenvalue weighted by Crippen LogP contribution is -2.53. The van der Waals surface area contributed by atoms with Gasteiger partial charge in [0.05, 0.1) is 6.61 Å². The lowest BCUT2D eigenvalue weighted by atomic mass is 9.98. The first-order valence-corrected chi connectivity index (χ1v) is 12.7. The SMILES string of the molecule is CCN(C(=O)C(CO)NC(=O)OC(C)(C)C)C(C(=O)Nc1ccc2ccccc2c1)c1cc(C)cc(C)c1. The number of carbonyl (C=O) groups is 3. The van der Waals surface area contributed by atoms with E-state index in [0.717, 1.165) is 21.9 Å². The number of rotatable bonds is 8. The number of nitrogens with zero attached hydrogens (tertiary/aromatic N) is 1. The Morgan fingerprint density at radius 1 is 0.947 bits per heavy atom. The van der Waals surface area contributed by atoms with Gasteiger partial charge >= 0.3 is 6.09 Å². The fraction of sp³-hybridized carbons (Fsp3) is 0.367. The van der Waals surface area contributed by atoms with Crippen molar-refractivity contribution in [2.45, 2.75) is 59.2 Å². The Bertz CT molecular complexity index is 1290. The topological polar surface area (TPSA) is 108 Å². The first kappa shape index (κ1) is 28.7. The number of carbonyl (C=O) groups excluding carboxylic acids is 3. The second-order valence-corrected chi connectivity index (χ2v) is 10.4. The molecule has 2 atom stereocenters. The van der Waals surface area contributed by atoms with Crippen molar-refractivity contribution in [2.75, 3.05) is 18.5 Å². The summed E-state index contributed by atoms with van der Waals surface area (Å²) in [4.78, 5) is 41.2. The predicted octanol–water partition coefficient (Wildman–Crippen LogP) is 4.87. The van der Waals surface area contributed by atoms with Crippen LogP contribution in [0.3, 0.4) is 0 Å². The van der Waals surface area contributed by atoms with E-state index < -0.39 is 42.2 Å². The maximum absolute atomic E-state index is 13.8. The molecule has 0 aliphatic heterocycles. The van der Waals surface area contributed by atoms with Crippen LogP contribution in [-0.2, 0) is 14.3 Å². The molecule has 0 aliphatic carbocycles. The van der Waals surface area contributed by atoms with Crippen LogP contribution >= 0.6 is 0 Å². The van der Waals surface area contributed by atoms with Crippen LogP contribution < -0.4 is 10.6 Å². The van der Waals surface area contributed by atoms with Gasteiger partial charge in [0.15, 0.2) is 0 Å². The summed E-state index contributed by atoms with van der Waals surface area (Å²) in [5.41, 5.74) is 2.33. The molecule has 3 aromatic rings. The van der Waals surface area contributed by atoms with Gasteiger partial charge in [0.1, 0.15) is 17.7 Å². The molecular weight excluding hydrogens is 482 g/mol. The van der Waals surface area contributed by atoms with Crippen molar-refractivity contribution in [3.8, 4) is 0 Å². The number of benzene rings is 3. The molecule has 0 fully saturated rings. The molecule has 8 nitrogen and oxygen atoms in total. The first-order chi connectivity index (χ1) is 17.9. The predicted molar refractivity (Wildman–Crippen MR) is 149 cm³/mol. The Morgan fingerprint density at radius 2 is 1.58 bits per heavy atom. The van der Waals surface area contributed by atoms with Crippen LogP contribution in [0.5, 0.6) is 0 Å². The number of hydrogen-bond acceptors (Lipinski definition) is 5. The molecule has 38 heavy (non-hydrogen) atoms. The number of likely N-dealkylation sites (N-methyl/N-ethyl adjacent to an activating group) is 1. The highest BCUT2D eigenvalue weighted by atomic mass is 16.6. The first-order valence-electron chi connectivity index (χ1n) is 12.7. The fourth-order valence-electron chi connectivity index (χ4n) is 4.42. The van der Waals surface area contributed by atoms with Gasteiger partial charge in [-0.25, -0.2) is 4.79 Å². The highest BCUT2D eigenvalue weighted by Gasteiger charge is 2.35. The fourth-order valence-corrected chi connectivity index (χ4v) is 4.42. The molecular formula is C30H37N3O5. The second-order valence-electron chi connectivity index (χ2n) is 10.4. The van der Waals surface area contributed by atoms with Crippen LogP contribution in [0.2, 0.25) is 0 Å². The number of aliphatic hydroxyl groups excluding tert-OH is 1. The van der Waals surface area contributed by atoms with Gasteiger partial charge in [-0.05, 0) is 70.0 Å². The van der Waals surface area contributed by atoms with Gasteiger partial charge in [0, 0.05) is 12.2 Å². The molecule has 0 spiro atoms. The van der Waals surface area contributed by atoms with E-state index in [1.807, 2.05) is 74.5 Å². The average Bonchev–Trinajstić information content (AvgIpc) is 2.83. The number of ether oxygens (including phenoxy) is 1. The number of alkyl carbamates (subject to hydrolysis) is 1. The molecule has 202 valence electrons. The number of nitrogens with one attached hydrogen (secondary N) is 2. The quantitative estimate of drug-likeness (QED) is 0.394. The van der Waals surface area contributed by atoms with Crippen molar-refractivity contribution in [2.24, 2.45) is 0 Å². The Hall–Kier alpha value is -3.91. The molecule has 0 aliphatic rings. The van der Waals surface area contributed by atoms with Gasteiger partial charge in [-0.15, -0.1) is 0 Å². The van der Waals surface area contributed by atoms with Gasteiger partial charge in [-0.1, -0.05) is 59.7 Å². The van der Waals surface area contributed by atoms with Crippen molar-refractivity contribution in [3.63, 3.8) is 0 Å². The third-order valence-electron chi connectivity index (χ3n) is 5.93. The Morgan fingerprint density at radius 3 is 2.16 bits per heavy atom. The van der Waals surface area contributed by atoms with Crippen LogP contribution in [0.1, 0.15) is 50.4 Å². The van der Waals surface area contributed by atoms with E-state index >= 15 is 0 Å². The zero-order chi connectivity index (χ0) is 28.0. The summed E-state index contributed by atoms with van der Waals surface area (Å²) in [7, 11) is 0. The zero-order valence-corrected chi connectivity index (χ0v) is 22.9. The van der Waals surface area contributed by atoms with Gasteiger partial charge in [0.2, 0.25) is 5.91 Å². The van der Waals surface area contributed by atoms with E-state index in [9.17, 15) is 19.5 Å². The van der Waals surface area contributed by atoms with Gasteiger partial charge in [-0.3, -0.25) is 9.59 Å². The molecule has 0 radical (unpaired) electrons. The molecule has 0 heterocycles. The van der Waals surface area contributed by atoms with E-state index in [1.54, 1.807) is 27.7 Å². The molecule has 0 saturated heterocycles. The van der Waals surface area contributed by atoms with E-state index in [0.29, 0.717) is 11.3 Å². The molecule has 3 aromatic carbocycles. The van der Waals surface area contributed by atoms with Crippen LogP contribution in [0.15, 0.2) is 60.7 Å². The molecule has 0 bridgehead atoms. The van der Waals surface area contributed by atoms with E-state index in [2.05, 4.69) is 10.6 Å². The van der Waals surface area contributed by atoms with Gasteiger partial charge in [-0.2, -0.15) is 0 Å². The monoisotopic (exact) mass is 519 g/mol. The molecule has 0 saturated carbocycles. The lowest BCUT2D eigenvalue weighted by Gasteiger charge is -2.33. The van der Waals surface area contributed by atoms with Crippen molar-refractivity contribution >= 4 is 34.4 Å². The molecule has 3 N–H and O–H groups in total. The highest BCUT2D eigenvalue weighted by molar-refractivity contribution is 6.00. The smallest absolute Gasteiger partial charge is 0.408 e. The largest absolute Gasteiger partial charge is 0.444 e. The standard InChI is InChI=1S/C30H37N3O5/c1-7-33(28(36)25(18-34)32-29(37)38-30(4,5)6)26(23-15-19(2)14-20(3)16-23)27(35)31-24-13-12-21-10-8-9-11-22(21)17-24/h8-17,25-26,34H,7,18H2,1-6H3,(H,31,35)(H,32,37). The number of amides is 3. The summed E-state index contributed by atoms with van der Waals surface area (Å²) in [6, 6.07) is 16.9. The average molecular weight is 520 g/mol. The second kappa shape index (κ2) is 12.1. The third kappa shape index (κ3) is 7.32. The maximum Gasteiger partial charge on any atom is 0.408 e. The Balaban J connectivity index is 1.96. The van der Waals surface area contributed by atoms with Crippen LogP contribution in [0.4, 0.5) is 10.5 Å². The molecule has 3 rings (SSSR count). The summed E-state index contributed by atoms with van der Waals surface area (Å²) in [5, 5.41) is 17.4. The zero-order valence-electron chi connectivity index (χ0n) is 22.9. The number of aliphatic hydroxyl groups is 1. The summed E-state index contributed by atoms with van der Waals surface area (Å²) in [6.07, 6.45) is -0.829. The maximum atomic E-state index is 13.8. The highest BCUT2D eigenvalue weighted by Crippen LogP contribution is 2.27. The Labute approximate surface area is 224 Å². The van der Waals surface area contributed by atoms with E-state index in [4.69, 9.17) is 4.74 Å². The summed E-state index contributed by atoms with van der Waals surface area (Å²) in [6.45, 7) is 10.2. The van der Waals surface area contributed by atoms with Crippen LogP contribution in [0, 0.1) is 13.8 Å². The van der Waals surface area contributed by atoms with Crippen molar-refractivity contribution < 1.29 is 24.2 Å². The van der Waals surface area contributed by atoms with Crippen LogP contribution in [-0.4, -0.2) is 52.7 Å². The van der Waals surface area contributed by atoms with Gasteiger partial charge in [0.25, 0.3) is 5.91 Å². The van der Waals surface area contributed by atoms with Crippen LogP contribution in [0.25, 0.3) is 10.8 Å². The lowest BCUT2D eigenvalue weighted by molar-refractivity contribution is -0.141. The normalized spacial score (nSPS) is 12.9. The molecule has 3 amide bonds. The summed E-state index contributed by atoms with van der Waals surface area (Å²) in [5.74, 6) is -1.01. The van der Waals surface area contributed by atoms with Crippen molar-refractivity contribution in [1.29, 1.82) is 0 Å². The molecule has 8 heteroatoms. The molecule has 0 aromatic heterocycles. The molecule has 2 unspecified atom stereocenters. The van der Waals surface area contributed by atoms with Crippen molar-refractivity contribution in [1.82, 2.24) is 10.2 Å².